The number of anilines is 1. The molecule has 1 aromatic heterocycles. The fraction of sp³-hybridized carbons (Fsp3) is 0.643. The Morgan fingerprint density at radius 1 is 1.21 bits per heavy atom. The van der Waals surface area contributed by atoms with Crippen LogP contribution in [0.25, 0.3) is 0 Å². The predicted octanol–water partition coefficient (Wildman–Crippen LogP) is 2.15. The minimum atomic E-state index is 0.656. The van der Waals surface area contributed by atoms with E-state index in [1.807, 2.05) is 6.20 Å². The van der Waals surface area contributed by atoms with Crippen LogP contribution in [-0.4, -0.2) is 55.3 Å². The van der Waals surface area contributed by atoms with Crippen LogP contribution in [0.2, 0.25) is 0 Å². The molecule has 1 atom stereocenters. The average molecular weight is 326 g/mol. The van der Waals surface area contributed by atoms with Gasteiger partial charge >= 0.3 is 0 Å². The lowest BCUT2D eigenvalue weighted by Gasteiger charge is -2.41. The first kappa shape index (κ1) is 13.3. The highest BCUT2D eigenvalue weighted by molar-refractivity contribution is 9.10. The summed E-state index contributed by atoms with van der Waals surface area (Å²) in [5.41, 5.74) is 0. The van der Waals surface area contributed by atoms with Gasteiger partial charge < -0.3 is 9.64 Å². The van der Waals surface area contributed by atoms with E-state index in [-0.39, 0.29) is 0 Å². The van der Waals surface area contributed by atoms with E-state index in [0.29, 0.717) is 6.04 Å². The number of nitrogens with zero attached hydrogens (tertiary/aromatic N) is 3. The van der Waals surface area contributed by atoms with Crippen LogP contribution in [0, 0.1) is 0 Å². The molecule has 0 N–H and O–H groups in total. The van der Waals surface area contributed by atoms with Crippen molar-refractivity contribution in [1.29, 1.82) is 0 Å². The van der Waals surface area contributed by atoms with E-state index < -0.39 is 0 Å². The number of rotatable bonds is 2. The van der Waals surface area contributed by atoms with Gasteiger partial charge in [0.1, 0.15) is 5.82 Å². The lowest BCUT2D eigenvalue weighted by molar-refractivity contribution is 0.0137. The molecule has 5 heteroatoms. The second-order valence-electron chi connectivity index (χ2n) is 5.23. The van der Waals surface area contributed by atoms with Crippen LogP contribution in [0.5, 0.6) is 0 Å². The molecule has 0 radical (unpaired) electrons. The Hall–Kier alpha value is -0.650. The van der Waals surface area contributed by atoms with Gasteiger partial charge in [-0.25, -0.2) is 4.98 Å². The van der Waals surface area contributed by atoms with Crippen molar-refractivity contribution in [2.75, 3.05) is 44.3 Å². The third kappa shape index (κ3) is 3.27. The van der Waals surface area contributed by atoms with E-state index in [1.54, 1.807) is 0 Å². The van der Waals surface area contributed by atoms with E-state index in [0.717, 1.165) is 49.7 Å². The molecule has 0 aliphatic carbocycles. The van der Waals surface area contributed by atoms with Crippen LogP contribution in [0.3, 0.4) is 0 Å². The van der Waals surface area contributed by atoms with Gasteiger partial charge in [-0.2, -0.15) is 0 Å². The molecule has 104 valence electrons. The van der Waals surface area contributed by atoms with Gasteiger partial charge in [0.25, 0.3) is 0 Å². The molecule has 2 saturated heterocycles. The van der Waals surface area contributed by atoms with Gasteiger partial charge in [-0.1, -0.05) is 0 Å². The summed E-state index contributed by atoms with van der Waals surface area (Å²) in [6.45, 7) is 6.13. The Labute approximate surface area is 122 Å². The highest BCUT2D eigenvalue weighted by atomic mass is 79.9. The SMILES string of the molecule is Brc1ccc(N2CCCC(N3CCOCC3)C2)nc1. The zero-order valence-electron chi connectivity index (χ0n) is 11.1. The minimum Gasteiger partial charge on any atom is -0.379 e. The normalized spacial score (nSPS) is 25.5. The zero-order valence-corrected chi connectivity index (χ0v) is 12.7. The summed E-state index contributed by atoms with van der Waals surface area (Å²) in [5, 5.41) is 0. The van der Waals surface area contributed by atoms with Crippen LogP contribution in [-0.2, 0) is 4.74 Å². The molecule has 0 spiro atoms. The van der Waals surface area contributed by atoms with Crippen LogP contribution >= 0.6 is 15.9 Å². The molecule has 2 fully saturated rings. The van der Waals surface area contributed by atoms with Gasteiger partial charge in [0.2, 0.25) is 0 Å². The molecule has 19 heavy (non-hydrogen) atoms. The summed E-state index contributed by atoms with van der Waals surface area (Å²) < 4.78 is 6.48. The molecular formula is C14H20BrN3O. The molecule has 1 unspecified atom stereocenters. The molecular weight excluding hydrogens is 306 g/mol. The number of piperidine rings is 1. The van der Waals surface area contributed by atoms with E-state index in [4.69, 9.17) is 4.74 Å². The number of hydrogen-bond donors (Lipinski definition) is 0. The summed E-state index contributed by atoms with van der Waals surface area (Å²) in [6.07, 6.45) is 4.43. The first-order valence-electron chi connectivity index (χ1n) is 7.01. The van der Waals surface area contributed by atoms with Crippen molar-refractivity contribution in [3.05, 3.63) is 22.8 Å². The number of halogens is 1. The minimum absolute atomic E-state index is 0.656. The van der Waals surface area contributed by atoms with Gasteiger partial charge in [0.05, 0.1) is 13.2 Å². The number of hydrogen-bond acceptors (Lipinski definition) is 4. The smallest absolute Gasteiger partial charge is 0.128 e. The molecule has 0 saturated carbocycles. The van der Waals surface area contributed by atoms with Gasteiger partial charge in [-0.05, 0) is 40.9 Å². The van der Waals surface area contributed by atoms with Crippen molar-refractivity contribution < 1.29 is 4.74 Å². The Bertz CT molecular complexity index is 406. The van der Waals surface area contributed by atoms with Crippen LogP contribution in [0.1, 0.15) is 12.8 Å². The molecule has 2 aliphatic rings. The van der Waals surface area contributed by atoms with Gasteiger partial charge in [0.15, 0.2) is 0 Å². The summed E-state index contributed by atoms with van der Waals surface area (Å²) in [4.78, 5) is 9.51. The standard InChI is InChI=1S/C14H20BrN3O/c15-12-3-4-14(16-10-12)18-5-1-2-13(11-18)17-6-8-19-9-7-17/h3-4,10,13H,1-2,5-9,11H2. The highest BCUT2D eigenvalue weighted by Crippen LogP contribution is 2.22. The van der Waals surface area contributed by atoms with E-state index in [1.165, 1.54) is 12.8 Å². The molecule has 3 heterocycles. The molecule has 3 rings (SSSR count). The third-order valence-corrected chi connectivity index (χ3v) is 4.46. The van der Waals surface area contributed by atoms with Crippen molar-refractivity contribution in [2.24, 2.45) is 0 Å². The van der Waals surface area contributed by atoms with Crippen LogP contribution in [0.4, 0.5) is 5.82 Å². The summed E-state index contributed by atoms with van der Waals surface area (Å²) in [5.74, 6) is 1.10. The molecule has 2 aliphatic heterocycles. The predicted molar refractivity (Wildman–Crippen MR) is 79.6 cm³/mol. The van der Waals surface area contributed by atoms with Crippen molar-refractivity contribution >= 4 is 21.7 Å². The third-order valence-electron chi connectivity index (χ3n) is 3.99. The number of aromatic nitrogens is 1. The molecule has 4 nitrogen and oxygen atoms in total. The van der Waals surface area contributed by atoms with Gasteiger partial charge in [0, 0.05) is 42.9 Å². The number of morpholine rings is 1. The Balaban J connectivity index is 1.65. The Morgan fingerprint density at radius 2 is 2.05 bits per heavy atom. The Morgan fingerprint density at radius 3 is 2.79 bits per heavy atom. The molecule has 0 bridgehead atoms. The summed E-state index contributed by atoms with van der Waals surface area (Å²) in [6, 6.07) is 4.83. The van der Waals surface area contributed by atoms with Crippen LogP contribution in [0.15, 0.2) is 22.8 Å². The quantitative estimate of drug-likeness (QED) is 0.833. The number of ether oxygens (including phenoxy) is 1. The summed E-state index contributed by atoms with van der Waals surface area (Å²) >= 11 is 3.44. The van der Waals surface area contributed by atoms with Gasteiger partial charge in [-0.15, -0.1) is 0 Å². The van der Waals surface area contributed by atoms with Crippen molar-refractivity contribution in [1.82, 2.24) is 9.88 Å². The number of pyridine rings is 1. The lowest BCUT2D eigenvalue weighted by Crippen LogP contribution is -2.51. The first-order valence-corrected chi connectivity index (χ1v) is 7.80. The first-order chi connectivity index (χ1) is 9.33. The van der Waals surface area contributed by atoms with Crippen molar-refractivity contribution in [3.8, 4) is 0 Å². The monoisotopic (exact) mass is 325 g/mol. The fourth-order valence-corrected chi connectivity index (χ4v) is 3.19. The largest absolute Gasteiger partial charge is 0.379 e. The van der Waals surface area contributed by atoms with Crippen molar-refractivity contribution in [3.63, 3.8) is 0 Å². The maximum absolute atomic E-state index is 5.44. The molecule has 0 aromatic carbocycles. The second kappa shape index (κ2) is 6.20. The summed E-state index contributed by atoms with van der Waals surface area (Å²) in [7, 11) is 0. The highest BCUT2D eigenvalue weighted by Gasteiger charge is 2.26. The topological polar surface area (TPSA) is 28.6 Å². The second-order valence-corrected chi connectivity index (χ2v) is 6.14. The van der Waals surface area contributed by atoms with E-state index in [9.17, 15) is 0 Å². The average Bonchev–Trinajstić information content (AvgIpc) is 2.49. The van der Waals surface area contributed by atoms with Crippen LogP contribution < -0.4 is 4.90 Å². The lowest BCUT2D eigenvalue weighted by atomic mass is 10.0. The van der Waals surface area contributed by atoms with Gasteiger partial charge in [-0.3, -0.25) is 4.90 Å². The zero-order chi connectivity index (χ0) is 13.1. The molecule has 0 amide bonds. The Kier molecular flexibility index (Phi) is 4.35. The maximum atomic E-state index is 5.44. The fourth-order valence-electron chi connectivity index (χ4n) is 2.96. The van der Waals surface area contributed by atoms with E-state index in [2.05, 4.69) is 42.8 Å². The maximum Gasteiger partial charge on any atom is 0.128 e. The molecule has 1 aromatic rings. The van der Waals surface area contributed by atoms with E-state index >= 15 is 0 Å². The van der Waals surface area contributed by atoms with Crippen molar-refractivity contribution in [2.45, 2.75) is 18.9 Å².